The lowest BCUT2D eigenvalue weighted by Gasteiger charge is -2.06. The Morgan fingerprint density at radius 2 is 2.21 bits per heavy atom. The highest BCUT2D eigenvalue weighted by Gasteiger charge is 2.20. The molecule has 1 fully saturated rings. The molecule has 4 nitrogen and oxygen atoms in total. The van der Waals surface area contributed by atoms with Gasteiger partial charge in [0.25, 0.3) is 0 Å². The minimum Gasteiger partial charge on any atom is -0.382 e. The van der Waals surface area contributed by atoms with E-state index in [1.807, 2.05) is 19.1 Å². The molecule has 5 heteroatoms. The number of nitrogen functional groups attached to an aromatic ring is 1. The average Bonchev–Trinajstić information content (AvgIpc) is 3.24. The smallest absolute Gasteiger partial charge is 0.144 e. The number of hydrogen-bond donors (Lipinski definition) is 2. The van der Waals surface area contributed by atoms with Crippen LogP contribution in [0.25, 0.3) is 11.3 Å². The maximum atomic E-state index is 5.70. The van der Waals surface area contributed by atoms with E-state index in [-0.39, 0.29) is 0 Å². The number of aryl methyl sites for hydroxylation is 1. The Kier molecular flexibility index (Phi) is 3.40. The number of hydrogen-bond acceptors (Lipinski definition) is 5. The first kappa shape index (κ1) is 12.4. The van der Waals surface area contributed by atoms with E-state index in [2.05, 4.69) is 26.8 Å². The summed E-state index contributed by atoms with van der Waals surface area (Å²) in [6, 6.07) is 8.99. The number of benzene rings is 1. The Hall–Kier alpha value is -1.59. The van der Waals surface area contributed by atoms with Crippen LogP contribution in [0.4, 0.5) is 5.82 Å². The monoisotopic (exact) mass is 272 g/mol. The van der Waals surface area contributed by atoms with Crippen LogP contribution in [0.5, 0.6) is 0 Å². The van der Waals surface area contributed by atoms with Crippen molar-refractivity contribution in [1.29, 1.82) is 0 Å². The summed E-state index contributed by atoms with van der Waals surface area (Å²) in [7, 11) is 0. The minimum absolute atomic E-state index is 0.490. The maximum absolute atomic E-state index is 5.70. The Labute approximate surface area is 117 Å². The van der Waals surface area contributed by atoms with E-state index in [1.165, 1.54) is 17.7 Å². The minimum atomic E-state index is 0.490. The van der Waals surface area contributed by atoms with E-state index >= 15 is 0 Å². The van der Waals surface area contributed by atoms with Gasteiger partial charge in [0.1, 0.15) is 5.82 Å². The lowest BCUT2D eigenvalue weighted by Crippen LogP contribution is -2.04. The van der Waals surface area contributed by atoms with Crippen molar-refractivity contribution in [2.45, 2.75) is 30.7 Å². The zero-order chi connectivity index (χ0) is 13.2. The molecule has 19 heavy (non-hydrogen) atoms. The van der Waals surface area contributed by atoms with Gasteiger partial charge in [0.2, 0.25) is 0 Å². The topological polar surface area (TPSA) is 63.8 Å². The summed E-state index contributed by atoms with van der Waals surface area (Å²) in [5.74, 6) is 0.490. The van der Waals surface area contributed by atoms with Gasteiger partial charge in [-0.1, -0.05) is 12.1 Å². The summed E-state index contributed by atoms with van der Waals surface area (Å²) < 4.78 is 3.43. The summed E-state index contributed by atoms with van der Waals surface area (Å²) in [6.07, 6.45) is 4.30. The van der Waals surface area contributed by atoms with E-state index in [9.17, 15) is 0 Å². The fraction of sp³-hybridized carbons (Fsp3) is 0.286. The molecule has 2 aromatic rings. The predicted octanol–water partition coefficient (Wildman–Crippen LogP) is 2.79. The van der Waals surface area contributed by atoms with Crippen LogP contribution in [-0.4, -0.2) is 16.0 Å². The Balaban J connectivity index is 1.82. The molecule has 98 valence electrons. The Morgan fingerprint density at radius 1 is 1.37 bits per heavy atom. The van der Waals surface area contributed by atoms with Gasteiger partial charge in [0, 0.05) is 16.5 Å². The summed E-state index contributed by atoms with van der Waals surface area (Å²) in [5, 5.41) is 0. The Morgan fingerprint density at radius 3 is 2.95 bits per heavy atom. The maximum Gasteiger partial charge on any atom is 0.144 e. The van der Waals surface area contributed by atoms with Gasteiger partial charge in [-0.25, -0.2) is 9.97 Å². The van der Waals surface area contributed by atoms with Crippen LogP contribution in [-0.2, 0) is 0 Å². The second-order valence-corrected chi connectivity index (χ2v) is 5.66. The van der Waals surface area contributed by atoms with Gasteiger partial charge in [-0.05, 0) is 43.8 Å². The third kappa shape index (κ3) is 3.05. The van der Waals surface area contributed by atoms with Crippen molar-refractivity contribution < 1.29 is 0 Å². The highest BCUT2D eigenvalue weighted by Crippen LogP contribution is 2.27. The molecule has 0 bridgehead atoms. The fourth-order valence-electron chi connectivity index (χ4n) is 1.70. The summed E-state index contributed by atoms with van der Waals surface area (Å²) in [6.45, 7) is 1.87. The van der Waals surface area contributed by atoms with Gasteiger partial charge < -0.3 is 5.73 Å². The molecule has 1 aromatic heterocycles. The highest BCUT2D eigenvalue weighted by atomic mass is 32.2. The number of anilines is 1. The first-order valence-corrected chi connectivity index (χ1v) is 7.16. The normalized spacial score (nSPS) is 14.6. The van der Waals surface area contributed by atoms with E-state index in [1.54, 1.807) is 18.1 Å². The van der Waals surface area contributed by atoms with Crippen molar-refractivity contribution in [1.82, 2.24) is 14.7 Å². The Bertz CT molecular complexity index is 596. The standard InChI is InChI=1S/C14H16N4S/c1-9-14(15)16-8-13(17-9)10-3-2-4-12(7-10)19-18-11-5-6-11/h2-4,7-8,11,18H,5-6H2,1H3,(H2,15,16). The number of rotatable bonds is 4. The number of nitrogens with two attached hydrogens (primary N) is 1. The molecule has 0 radical (unpaired) electrons. The molecule has 1 heterocycles. The van der Waals surface area contributed by atoms with Crippen LogP contribution >= 0.6 is 11.9 Å². The number of nitrogens with one attached hydrogen (secondary N) is 1. The third-order valence-electron chi connectivity index (χ3n) is 3.04. The molecule has 3 rings (SSSR count). The third-order valence-corrected chi connectivity index (χ3v) is 3.98. The zero-order valence-electron chi connectivity index (χ0n) is 10.8. The van der Waals surface area contributed by atoms with Crippen LogP contribution in [0.2, 0.25) is 0 Å². The zero-order valence-corrected chi connectivity index (χ0v) is 11.6. The van der Waals surface area contributed by atoms with Gasteiger partial charge >= 0.3 is 0 Å². The molecule has 0 atom stereocenters. The average molecular weight is 272 g/mol. The van der Waals surface area contributed by atoms with Crippen molar-refractivity contribution in [3.8, 4) is 11.3 Å². The number of aromatic nitrogens is 2. The quantitative estimate of drug-likeness (QED) is 0.838. The number of nitrogens with zero attached hydrogens (tertiary/aromatic N) is 2. The van der Waals surface area contributed by atoms with Crippen LogP contribution in [0.1, 0.15) is 18.5 Å². The van der Waals surface area contributed by atoms with Gasteiger partial charge in [-0.2, -0.15) is 0 Å². The molecule has 1 saturated carbocycles. The van der Waals surface area contributed by atoms with Crippen LogP contribution in [0.3, 0.4) is 0 Å². The lowest BCUT2D eigenvalue weighted by atomic mass is 10.1. The van der Waals surface area contributed by atoms with Crippen molar-refractivity contribution in [3.63, 3.8) is 0 Å². The molecule has 0 aliphatic heterocycles. The van der Waals surface area contributed by atoms with Crippen molar-refractivity contribution >= 4 is 17.8 Å². The molecular formula is C14H16N4S. The van der Waals surface area contributed by atoms with Crippen molar-refractivity contribution in [2.75, 3.05) is 5.73 Å². The molecule has 0 saturated heterocycles. The van der Waals surface area contributed by atoms with E-state index in [4.69, 9.17) is 5.73 Å². The van der Waals surface area contributed by atoms with Crippen LogP contribution in [0, 0.1) is 6.92 Å². The molecule has 1 aliphatic rings. The van der Waals surface area contributed by atoms with Crippen molar-refractivity contribution in [3.05, 3.63) is 36.2 Å². The SMILES string of the molecule is Cc1nc(-c2cccc(SNC3CC3)c2)cnc1N. The van der Waals surface area contributed by atoms with Gasteiger partial charge in [0.05, 0.1) is 17.6 Å². The summed E-state index contributed by atoms with van der Waals surface area (Å²) in [4.78, 5) is 9.83. The highest BCUT2D eigenvalue weighted by molar-refractivity contribution is 7.97. The summed E-state index contributed by atoms with van der Waals surface area (Å²) >= 11 is 1.68. The van der Waals surface area contributed by atoms with Crippen molar-refractivity contribution in [2.24, 2.45) is 0 Å². The first-order chi connectivity index (χ1) is 9.22. The molecule has 1 aliphatic carbocycles. The molecule has 3 N–H and O–H groups in total. The van der Waals surface area contributed by atoms with E-state index < -0.39 is 0 Å². The largest absolute Gasteiger partial charge is 0.382 e. The van der Waals surface area contributed by atoms with Crippen LogP contribution < -0.4 is 10.5 Å². The van der Waals surface area contributed by atoms with Gasteiger partial charge in [-0.3, -0.25) is 4.72 Å². The molecule has 0 unspecified atom stereocenters. The first-order valence-electron chi connectivity index (χ1n) is 6.34. The predicted molar refractivity (Wildman–Crippen MR) is 78.6 cm³/mol. The van der Waals surface area contributed by atoms with Gasteiger partial charge in [-0.15, -0.1) is 0 Å². The van der Waals surface area contributed by atoms with Gasteiger partial charge in [0.15, 0.2) is 0 Å². The molecule has 1 aromatic carbocycles. The fourth-order valence-corrected chi connectivity index (χ4v) is 2.57. The van der Waals surface area contributed by atoms with Crippen LogP contribution in [0.15, 0.2) is 35.4 Å². The molecule has 0 spiro atoms. The second-order valence-electron chi connectivity index (χ2n) is 4.75. The summed E-state index contributed by atoms with van der Waals surface area (Å²) in [5.41, 5.74) is 8.40. The second kappa shape index (κ2) is 5.19. The van der Waals surface area contributed by atoms with E-state index in [0.717, 1.165) is 17.0 Å². The van der Waals surface area contributed by atoms with E-state index in [0.29, 0.717) is 11.9 Å². The molecular weight excluding hydrogens is 256 g/mol. The molecule has 0 amide bonds. The lowest BCUT2D eigenvalue weighted by molar-refractivity contribution is 0.969.